The molecule has 8 nitrogen and oxygen atoms in total. The highest BCUT2D eigenvalue weighted by Crippen LogP contribution is 2.25. The summed E-state index contributed by atoms with van der Waals surface area (Å²) >= 11 is 0. The predicted molar refractivity (Wildman–Crippen MR) is 154 cm³/mol. The number of amides is 1. The van der Waals surface area contributed by atoms with Gasteiger partial charge in [0.25, 0.3) is 11.5 Å². The summed E-state index contributed by atoms with van der Waals surface area (Å²) in [5.41, 5.74) is 6.91. The van der Waals surface area contributed by atoms with Crippen molar-refractivity contribution in [2.24, 2.45) is 0 Å². The standard InChI is InChI=1S/C32H25N7O/c1-22-36-39(32-28-17-26(24-7-3-2-4-8-24)19-33-29(28)15-16-37(22)32)27-13-11-23(12-14-27)18-34-31(40)21-38-30-10-6-5-9-25(30)20-35-38/h2-17,19-20H,18,21H2,1H3/p+1. The van der Waals surface area contributed by atoms with Gasteiger partial charge in [-0.15, -0.1) is 0 Å². The maximum absolute atomic E-state index is 12.6. The van der Waals surface area contributed by atoms with Crippen molar-refractivity contribution in [2.75, 3.05) is 0 Å². The summed E-state index contributed by atoms with van der Waals surface area (Å²) in [5.74, 6) is 0.792. The average molecular weight is 525 g/mol. The smallest absolute Gasteiger partial charge is 0.280 e. The lowest BCUT2D eigenvalue weighted by Crippen LogP contribution is -2.27. The number of nitrogens with zero attached hydrogens (tertiary/aromatic N) is 6. The minimum Gasteiger partial charge on any atom is -0.350 e. The molecule has 0 unspecified atom stereocenters. The van der Waals surface area contributed by atoms with Crippen LogP contribution in [0.3, 0.4) is 0 Å². The number of para-hydroxylation sites is 1. The van der Waals surface area contributed by atoms with Gasteiger partial charge in [0, 0.05) is 35.7 Å². The molecule has 194 valence electrons. The molecule has 1 amide bonds. The molecule has 3 aromatic carbocycles. The Morgan fingerprint density at radius 1 is 0.900 bits per heavy atom. The Balaban J connectivity index is 1.15. The van der Waals surface area contributed by atoms with Crippen LogP contribution in [0.1, 0.15) is 11.4 Å². The second-order valence-electron chi connectivity index (χ2n) is 9.80. The molecule has 0 aliphatic heterocycles. The van der Waals surface area contributed by atoms with Crippen LogP contribution in [0.4, 0.5) is 0 Å². The van der Waals surface area contributed by atoms with Crippen molar-refractivity contribution < 1.29 is 9.20 Å². The summed E-state index contributed by atoms with van der Waals surface area (Å²) in [6.07, 6.45) is 5.71. The van der Waals surface area contributed by atoms with E-state index in [-0.39, 0.29) is 12.5 Å². The number of pyridine rings is 2. The van der Waals surface area contributed by atoms with E-state index < -0.39 is 0 Å². The van der Waals surface area contributed by atoms with Crippen molar-refractivity contribution >= 4 is 33.4 Å². The molecule has 4 aromatic heterocycles. The third-order valence-electron chi connectivity index (χ3n) is 7.19. The molecular weight excluding hydrogens is 498 g/mol. The second-order valence-corrected chi connectivity index (χ2v) is 9.80. The van der Waals surface area contributed by atoms with E-state index in [1.54, 1.807) is 10.9 Å². The predicted octanol–water partition coefficient (Wildman–Crippen LogP) is 4.80. The molecular formula is C32H26N7O+. The summed E-state index contributed by atoms with van der Waals surface area (Å²) in [4.78, 5) is 17.4. The van der Waals surface area contributed by atoms with E-state index in [9.17, 15) is 4.79 Å². The topological polar surface area (TPSA) is 81.7 Å². The molecule has 0 atom stereocenters. The van der Waals surface area contributed by atoms with Crippen molar-refractivity contribution in [2.45, 2.75) is 20.0 Å². The lowest BCUT2D eigenvalue weighted by atomic mass is 10.1. The number of carbonyl (C=O) groups excluding carboxylic acids is 1. The van der Waals surface area contributed by atoms with Crippen molar-refractivity contribution in [1.29, 1.82) is 0 Å². The first kappa shape index (κ1) is 23.7. The molecule has 7 aromatic rings. The highest BCUT2D eigenvalue weighted by molar-refractivity contribution is 5.92. The van der Waals surface area contributed by atoms with Crippen LogP contribution < -0.4 is 9.72 Å². The van der Waals surface area contributed by atoms with E-state index in [0.29, 0.717) is 6.54 Å². The number of aryl methyl sites for hydroxylation is 1. The van der Waals surface area contributed by atoms with E-state index in [0.717, 1.165) is 55.7 Å². The normalized spacial score (nSPS) is 11.4. The molecule has 8 heteroatoms. The molecule has 0 saturated heterocycles. The zero-order chi connectivity index (χ0) is 27.1. The molecule has 0 fully saturated rings. The number of nitrogens with one attached hydrogen (secondary N) is 1. The minimum absolute atomic E-state index is 0.0868. The molecule has 0 radical (unpaired) electrons. The summed E-state index contributed by atoms with van der Waals surface area (Å²) in [5, 5.41) is 14.2. The number of aromatic nitrogens is 6. The van der Waals surface area contributed by atoms with Gasteiger partial charge in [0.1, 0.15) is 12.2 Å². The summed E-state index contributed by atoms with van der Waals surface area (Å²) in [6.45, 7) is 2.60. The molecule has 0 bridgehead atoms. The SMILES string of the molecule is Cc1nn(-c2ccc(CNC(=O)Cn3ncc4ccccc43)cc2)c2c3cc(-c4ccccc4)cnc3cc[n+]12. The Bertz CT molecular complexity index is 2010. The monoisotopic (exact) mass is 524 g/mol. The fraction of sp³-hybridized carbons (Fsp3) is 0.0938. The first-order valence-electron chi connectivity index (χ1n) is 13.2. The molecule has 40 heavy (non-hydrogen) atoms. The van der Waals surface area contributed by atoms with Gasteiger partial charge in [-0.2, -0.15) is 5.10 Å². The Hall–Kier alpha value is -5.37. The van der Waals surface area contributed by atoms with Crippen LogP contribution in [0.25, 0.3) is 44.3 Å². The van der Waals surface area contributed by atoms with E-state index >= 15 is 0 Å². The highest BCUT2D eigenvalue weighted by atomic mass is 16.2. The van der Waals surface area contributed by atoms with Crippen LogP contribution in [-0.4, -0.2) is 30.5 Å². The van der Waals surface area contributed by atoms with Gasteiger partial charge in [-0.1, -0.05) is 65.3 Å². The lowest BCUT2D eigenvalue weighted by Gasteiger charge is -2.07. The van der Waals surface area contributed by atoms with Gasteiger partial charge in [0.2, 0.25) is 5.91 Å². The van der Waals surface area contributed by atoms with E-state index in [4.69, 9.17) is 10.1 Å². The molecule has 1 N–H and O–H groups in total. The Labute approximate surface area is 230 Å². The van der Waals surface area contributed by atoms with E-state index in [1.807, 2.05) is 96.8 Å². The lowest BCUT2D eigenvalue weighted by molar-refractivity contribution is -0.519. The molecule has 7 rings (SSSR count). The fourth-order valence-corrected chi connectivity index (χ4v) is 5.12. The van der Waals surface area contributed by atoms with Gasteiger partial charge in [-0.05, 0) is 41.5 Å². The summed E-state index contributed by atoms with van der Waals surface area (Å²) in [7, 11) is 0. The Morgan fingerprint density at radius 3 is 2.55 bits per heavy atom. The zero-order valence-corrected chi connectivity index (χ0v) is 21.9. The quantitative estimate of drug-likeness (QED) is 0.317. The number of carbonyl (C=O) groups is 1. The van der Waals surface area contributed by atoms with E-state index in [2.05, 4.69) is 33.0 Å². The molecule has 0 aliphatic rings. The molecule has 0 spiro atoms. The van der Waals surface area contributed by atoms with Crippen LogP contribution in [0, 0.1) is 6.92 Å². The number of rotatable bonds is 6. The summed E-state index contributed by atoms with van der Waals surface area (Å²) in [6, 6.07) is 30.4. The third kappa shape index (κ3) is 4.25. The van der Waals surface area contributed by atoms with Crippen LogP contribution in [0.2, 0.25) is 0 Å². The van der Waals surface area contributed by atoms with Crippen molar-refractivity contribution in [3.63, 3.8) is 0 Å². The van der Waals surface area contributed by atoms with Gasteiger partial charge < -0.3 is 5.32 Å². The molecule has 0 saturated carbocycles. The number of hydrogen-bond donors (Lipinski definition) is 1. The third-order valence-corrected chi connectivity index (χ3v) is 7.19. The van der Waals surface area contributed by atoms with Crippen molar-refractivity contribution in [1.82, 2.24) is 29.9 Å². The Kier molecular flexibility index (Phi) is 5.78. The average Bonchev–Trinajstić information content (AvgIpc) is 3.57. The maximum Gasteiger partial charge on any atom is 0.280 e. The highest BCUT2D eigenvalue weighted by Gasteiger charge is 2.22. The maximum atomic E-state index is 12.6. The van der Waals surface area contributed by atoms with E-state index in [1.165, 1.54) is 0 Å². The summed E-state index contributed by atoms with van der Waals surface area (Å²) < 4.78 is 5.77. The van der Waals surface area contributed by atoms with Crippen LogP contribution in [-0.2, 0) is 17.9 Å². The van der Waals surface area contributed by atoms with Crippen LogP contribution in [0.5, 0.6) is 0 Å². The first-order valence-corrected chi connectivity index (χ1v) is 13.2. The first-order chi connectivity index (χ1) is 19.6. The van der Waals surface area contributed by atoms with Crippen LogP contribution >= 0.6 is 0 Å². The van der Waals surface area contributed by atoms with Gasteiger partial charge in [-0.3, -0.25) is 14.5 Å². The van der Waals surface area contributed by atoms with Gasteiger partial charge in [-0.25, -0.2) is 4.40 Å². The zero-order valence-electron chi connectivity index (χ0n) is 21.9. The van der Waals surface area contributed by atoms with Gasteiger partial charge >= 0.3 is 0 Å². The molecule has 4 heterocycles. The minimum atomic E-state index is -0.0868. The number of fused-ring (bicyclic) bond motifs is 4. The van der Waals surface area contributed by atoms with Gasteiger partial charge in [0.15, 0.2) is 0 Å². The Morgan fingerprint density at radius 2 is 1.70 bits per heavy atom. The van der Waals surface area contributed by atoms with Crippen molar-refractivity contribution in [3.05, 3.63) is 121 Å². The van der Waals surface area contributed by atoms with Gasteiger partial charge in [0.05, 0.1) is 28.8 Å². The van der Waals surface area contributed by atoms with Crippen molar-refractivity contribution in [3.8, 4) is 16.8 Å². The fourth-order valence-electron chi connectivity index (χ4n) is 5.12. The molecule has 0 aliphatic carbocycles. The van der Waals surface area contributed by atoms with Crippen LogP contribution in [0.15, 0.2) is 110 Å². The number of benzene rings is 3. The largest absolute Gasteiger partial charge is 0.350 e. The number of hydrogen-bond acceptors (Lipinski definition) is 4. The second kappa shape index (κ2) is 9.74.